The van der Waals surface area contributed by atoms with Crippen LogP contribution in [0.5, 0.6) is 5.75 Å². The monoisotopic (exact) mass is 327 g/mol. The van der Waals surface area contributed by atoms with E-state index in [9.17, 15) is 19.0 Å². The molecule has 2 rings (SSSR count). The summed E-state index contributed by atoms with van der Waals surface area (Å²) in [5.74, 6) is -0.333. The summed E-state index contributed by atoms with van der Waals surface area (Å²) in [4.78, 5) is 11.4. The van der Waals surface area contributed by atoms with Crippen LogP contribution in [0, 0.1) is 0 Å². The molecule has 1 fully saturated rings. The summed E-state index contributed by atoms with van der Waals surface area (Å²) in [5.41, 5.74) is 1.10. The van der Waals surface area contributed by atoms with E-state index in [0.29, 0.717) is 23.5 Å². The van der Waals surface area contributed by atoms with Crippen LogP contribution in [0.15, 0.2) is 18.2 Å². The van der Waals surface area contributed by atoms with E-state index in [1.54, 1.807) is 12.2 Å². The molecule has 0 atom stereocenters. The van der Waals surface area contributed by atoms with E-state index in [0.717, 1.165) is 12.8 Å². The minimum atomic E-state index is -2.95. The van der Waals surface area contributed by atoms with Crippen molar-refractivity contribution in [3.05, 3.63) is 29.3 Å². The zero-order valence-corrected chi connectivity index (χ0v) is 13.5. The van der Waals surface area contributed by atoms with Crippen molar-refractivity contribution in [1.82, 2.24) is 0 Å². The second kappa shape index (κ2) is 6.60. The average Bonchev–Trinajstić information content (AvgIpc) is 2.46. The number of carbonyl (C=O) groups is 1. The summed E-state index contributed by atoms with van der Waals surface area (Å²) < 4.78 is 27.5. The molecule has 0 radical (unpaired) electrons. The number of allylic oxidation sites excluding steroid dienone is 1. The van der Waals surface area contributed by atoms with Crippen molar-refractivity contribution in [3.63, 3.8) is 0 Å². The lowest BCUT2D eigenvalue weighted by Crippen LogP contribution is -2.34. The fraction of sp³-hybridized carbons (Fsp3) is 0.400. The average molecular weight is 327 g/mol. The highest BCUT2D eigenvalue weighted by Gasteiger charge is 2.30. The molecule has 1 saturated heterocycles. The summed E-state index contributed by atoms with van der Waals surface area (Å²) in [6.45, 7) is 2.28. The molecule has 7 heteroatoms. The standard InChI is InChI=1S/C15H21NO5S/c1-3-6-11-9-12(15(17)18)10-13(14(11)21-2)16-7-4-5-8-22(16,19)20/h3,6,9-10,19-20H,4-5,7-8H2,1-2H3,(H,17,18)/b6-3+. The minimum absolute atomic E-state index is 0.0877. The van der Waals surface area contributed by atoms with Crippen LogP contribution in [0.4, 0.5) is 5.69 Å². The predicted octanol–water partition coefficient (Wildman–Crippen LogP) is 3.69. The van der Waals surface area contributed by atoms with E-state index in [1.165, 1.54) is 23.5 Å². The molecule has 1 aliphatic heterocycles. The van der Waals surface area contributed by atoms with Crippen LogP contribution >= 0.6 is 10.8 Å². The summed E-state index contributed by atoms with van der Waals surface area (Å²) in [6, 6.07) is 2.95. The Labute approximate surface area is 131 Å². The van der Waals surface area contributed by atoms with E-state index in [2.05, 4.69) is 0 Å². The Morgan fingerprint density at radius 3 is 2.64 bits per heavy atom. The second-order valence-corrected chi connectivity index (χ2v) is 7.18. The van der Waals surface area contributed by atoms with Gasteiger partial charge in [0.15, 0.2) is 5.75 Å². The molecule has 0 aliphatic carbocycles. The lowest BCUT2D eigenvalue weighted by molar-refractivity contribution is 0.0697. The van der Waals surface area contributed by atoms with Gasteiger partial charge in [-0.1, -0.05) is 12.2 Å². The Morgan fingerprint density at radius 1 is 1.36 bits per heavy atom. The number of carboxylic acids is 1. The summed E-state index contributed by atoms with van der Waals surface area (Å²) in [6.07, 6.45) is 5.07. The van der Waals surface area contributed by atoms with Crippen molar-refractivity contribution in [3.8, 4) is 5.75 Å². The first-order valence-electron chi connectivity index (χ1n) is 7.02. The molecule has 122 valence electrons. The molecule has 0 bridgehead atoms. The molecule has 0 aromatic heterocycles. The highest BCUT2D eigenvalue weighted by atomic mass is 32.3. The molecule has 1 aliphatic rings. The maximum Gasteiger partial charge on any atom is 0.335 e. The van der Waals surface area contributed by atoms with Gasteiger partial charge in [0.1, 0.15) is 5.69 Å². The molecule has 1 heterocycles. The van der Waals surface area contributed by atoms with Crippen LogP contribution in [0.3, 0.4) is 0 Å². The number of hydrogen-bond donors (Lipinski definition) is 3. The van der Waals surface area contributed by atoms with Gasteiger partial charge in [-0.2, -0.15) is 0 Å². The van der Waals surface area contributed by atoms with Gasteiger partial charge in [-0.05, 0) is 31.9 Å². The quantitative estimate of drug-likeness (QED) is 0.781. The van der Waals surface area contributed by atoms with Crippen LogP contribution in [0.2, 0.25) is 0 Å². The smallest absolute Gasteiger partial charge is 0.335 e. The third-order valence-electron chi connectivity index (χ3n) is 3.55. The largest absolute Gasteiger partial charge is 0.494 e. The number of carboxylic acid groups (broad SMARTS) is 1. The first kappa shape index (κ1) is 16.7. The maximum atomic E-state index is 11.4. The number of benzene rings is 1. The van der Waals surface area contributed by atoms with Crippen LogP contribution in [-0.2, 0) is 0 Å². The van der Waals surface area contributed by atoms with Gasteiger partial charge in [-0.3, -0.25) is 13.4 Å². The first-order chi connectivity index (χ1) is 10.4. The third-order valence-corrected chi connectivity index (χ3v) is 5.47. The van der Waals surface area contributed by atoms with Gasteiger partial charge in [-0.25, -0.2) is 4.79 Å². The van der Waals surface area contributed by atoms with Gasteiger partial charge in [0.05, 0.1) is 18.4 Å². The van der Waals surface area contributed by atoms with Gasteiger partial charge in [0.25, 0.3) is 0 Å². The molecular weight excluding hydrogens is 306 g/mol. The van der Waals surface area contributed by atoms with Gasteiger partial charge in [0, 0.05) is 12.1 Å². The van der Waals surface area contributed by atoms with Crippen molar-refractivity contribution < 1.29 is 23.7 Å². The SMILES string of the molecule is C/C=C/c1cc(C(=O)O)cc(N2CCCCS2(O)O)c1OC. The van der Waals surface area contributed by atoms with Crippen molar-refractivity contribution in [2.75, 3.05) is 23.7 Å². The van der Waals surface area contributed by atoms with E-state index < -0.39 is 16.7 Å². The predicted molar refractivity (Wildman–Crippen MR) is 89.0 cm³/mol. The topological polar surface area (TPSA) is 90.2 Å². The summed E-state index contributed by atoms with van der Waals surface area (Å²) in [5, 5.41) is 9.29. The molecule has 1 aromatic rings. The maximum absolute atomic E-state index is 11.4. The number of ether oxygens (including phenoxy) is 1. The van der Waals surface area contributed by atoms with Gasteiger partial charge in [-0.15, -0.1) is 10.8 Å². The zero-order chi connectivity index (χ0) is 16.3. The molecule has 0 spiro atoms. The molecule has 0 unspecified atom stereocenters. The number of methoxy groups -OCH3 is 1. The zero-order valence-electron chi connectivity index (χ0n) is 12.7. The molecular formula is C15H21NO5S. The van der Waals surface area contributed by atoms with Crippen LogP contribution in [0.25, 0.3) is 6.08 Å². The molecule has 6 nitrogen and oxygen atoms in total. The Morgan fingerprint density at radius 2 is 2.09 bits per heavy atom. The lowest BCUT2D eigenvalue weighted by Gasteiger charge is -2.47. The number of nitrogens with zero attached hydrogens (tertiary/aromatic N) is 1. The van der Waals surface area contributed by atoms with E-state index in [4.69, 9.17) is 4.74 Å². The highest BCUT2D eigenvalue weighted by Crippen LogP contribution is 2.52. The molecule has 0 saturated carbocycles. The fourth-order valence-corrected chi connectivity index (χ4v) is 4.24. The number of hydrogen-bond acceptors (Lipinski definition) is 5. The van der Waals surface area contributed by atoms with Crippen molar-refractivity contribution in [2.45, 2.75) is 19.8 Å². The highest BCUT2D eigenvalue weighted by molar-refractivity contribution is 8.25. The van der Waals surface area contributed by atoms with E-state index >= 15 is 0 Å². The lowest BCUT2D eigenvalue weighted by atomic mass is 10.1. The van der Waals surface area contributed by atoms with E-state index in [-0.39, 0.29) is 11.3 Å². The number of anilines is 1. The third kappa shape index (κ3) is 3.21. The minimum Gasteiger partial charge on any atom is -0.494 e. The Kier molecular flexibility index (Phi) is 5.00. The second-order valence-electron chi connectivity index (χ2n) is 5.07. The van der Waals surface area contributed by atoms with Crippen LogP contribution in [-0.4, -0.2) is 39.6 Å². The van der Waals surface area contributed by atoms with Gasteiger partial charge >= 0.3 is 5.97 Å². The normalized spacial score (nSPS) is 19.2. The molecule has 1 aromatic carbocycles. The van der Waals surface area contributed by atoms with Crippen molar-refractivity contribution in [2.24, 2.45) is 0 Å². The fourth-order valence-electron chi connectivity index (χ4n) is 2.56. The molecule has 0 amide bonds. The molecule has 3 N–H and O–H groups in total. The van der Waals surface area contributed by atoms with Crippen molar-refractivity contribution >= 4 is 28.5 Å². The Bertz CT molecular complexity index is 600. The van der Waals surface area contributed by atoms with Crippen LogP contribution < -0.4 is 9.04 Å². The first-order valence-corrected chi connectivity index (χ1v) is 8.69. The number of aromatic carboxylic acids is 1. The number of rotatable bonds is 4. The van der Waals surface area contributed by atoms with Gasteiger partial charge in [0.2, 0.25) is 0 Å². The van der Waals surface area contributed by atoms with Crippen molar-refractivity contribution in [1.29, 1.82) is 0 Å². The summed E-state index contributed by atoms with van der Waals surface area (Å²) in [7, 11) is -1.46. The Balaban J connectivity index is 2.63. The summed E-state index contributed by atoms with van der Waals surface area (Å²) >= 11 is 0. The molecule has 22 heavy (non-hydrogen) atoms. The van der Waals surface area contributed by atoms with E-state index in [1.807, 2.05) is 6.92 Å². The Hall–Kier alpha value is -1.70. The van der Waals surface area contributed by atoms with Crippen LogP contribution in [0.1, 0.15) is 35.7 Å². The van der Waals surface area contributed by atoms with Gasteiger partial charge < -0.3 is 9.84 Å².